The summed E-state index contributed by atoms with van der Waals surface area (Å²) in [5.74, 6) is -1.18. The third kappa shape index (κ3) is 3.63. The highest BCUT2D eigenvalue weighted by Crippen LogP contribution is 2.32. The van der Waals surface area contributed by atoms with Gasteiger partial charge in [-0.3, -0.25) is 4.79 Å². The second-order valence-electron chi connectivity index (χ2n) is 4.70. The zero-order chi connectivity index (χ0) is 14.8. The van der Waals surface area contributed by atoms with Crippen molar-refractivity contribution in [1.82, 2.24) is 5.32 Å². The molecule has 1 aliphatic heterocycles. The van der Waals surface area contributed by atoms with Gasteiger partial charge in [0, 0.05) is 6.04 Å². The van der Waals surface area contributed by atoms with Gasteiger partial charge < -0.3 is 15.8 Å². The first-order valence-electron chi connectivity index (χ1n) is 6.25. The average molecular weight is 288 g/mol. The maximum absolute atomic E-state index is 12.2. The minimum Gasteiger partial charge on any atom is -0.406 e. The number of rotatable bonds is 3. The Morgan fingerprint density at radius 1 is 1.40 bits per heavy atom. The van der Waals surface area contributed by atoms with Crippen LogP contribution >= 0.6 is 0 Å². The van der Waals surface area contributed by atoms with Crippen molar-refractivity contribution in [3.63, 3.8) is 0 Å². The van der Waals surface area contributed by atoms with E-state index in [-0.39, 0.29) is 11.8 Å². The Morgan fingerprint density at radius 2 is 2.15 bits per heavy atom. The van der Waals surface area contributed by atoms with E-state index >= 15 is 0 Å². The molecule has 1 fully saturated rings. The third-order valence-corrected chi connectivity index (χ3v) is 3.27. The molecule has 2 rings (SSSR count). The standard InChI is InChI=1S/C13H15F3N2O2/c14-13(15,16)20-9-4-1-3-8(7-9)11-10(12(17)19)5-2-6-18-11/h1,3-4,7,10-11,18H,2,5-6H2,(H2,17,19). The van der Waals surface area contributed by atoms with E-state index in [1.165, 1.54) is 18.2 Å². The van der Waals surface area contributed by atoms with Gasteiger partial charge >= 0.3 is 6.36 Å². The number of ether oxygens (including phenoxy) is 1. The lowest BCUT2D eigenvalue weighted by atomic mass is 9.86. The molecule has 1 amide bonds. The van der Waals surface area contributed by atoms with Gasteiger partial charge in [0.25, 0.3) is 0 Å². The summed E-state index contributed by atoms with van der Waals surface area (Å²) in [5.41, 5.74) is 5.91. The second kappa shape index (κ2) is 5.70. The number of primary amides is 1. The minimum atomic E-state index is -4.73. The minimum absolute atomic E-state index is 0.300. The fraction of sp³-hybridized carbons (Fsp3) is 0.462. The number of hydrogen-bond donors (Lipinski definition) is 2. The average Bonchev–Trinajstić information content (AvgIpc) is 2.37. The van der Waals surface area contributed by atoms with Crippen molar-refractivity contribution in [2.24, 2.45) is 11.7 Å². The van der Waals surface area contributed by atoms with Gasteiger partial charge in [-0.25, -0.2) is 0 Å². The van der Waals surface area contributed by atoms with Crippen LogP contribution in [-0.4, -0.2) is 18.8 Å². The van der Waals surface area contributed by atoms with Gasteiger partial charge in [-0.15, -0.1) is 13.2 Å². The van der Waals surface area contributed by atoms with E-state index in [1.54, 1.807) is 6.07 Å². The smallest absolute Gasteiger partial charge is 0.406 e. The lowest BCUT2D eigenvalue weighted by molar-refractivity contribution is -0.274. The molecule has 1 aromatic carbocycles. The number of amides is 1. The summed E-state index contributed by atoms with van der Waals surface area (Å²) >= 11 is 0. The summed E-state index contributed by atoms with van der Waals surface area (Å²) in [6.45, 7) is 0.693. The third-order valence-electron chi connectivity index (χ3n) is 3.27. The van der Waals surface area contributed by atoms with Crippen LogP contribution in [0.25, 0.3) is 0 Å². The van der Waals surface area contributed by atoms with E-state index < -0.39 is 18.2 Å². The van der Waals surface area contributed by atoms with Crippen molar-refractivity contribution >= 4 is 5.91 Å². The van der Waals surface area contributed by atoms with Gasteiger partial charge in [-0.2, -0.15) is 0 Å². The van der Waals surface area contributed by atoms with Crippen LogP contribution in [0.15, 0.2) is 24.3 Å². The van der Waals surface area contributed by atoms with Gasteiger partial charge in [-0.1, -0.05) is 12.1 Å². The van der Waals surface area contributed by atoms with Gasteiger partial charge in [0.15, 0.2) is 0 Å². The normalized spacial score (nSPS) is 23.4. The van der Waals surface area contributed by atoms with E-state index in [2.05, 4.69) is 10.1 Å². The first kappa shape index (κ1) is 14.6. The van der Waals surface area contributed by atoms with Gasteiger partial charge in [0.2, 0.25) is 5.91 Å². The molecule has 7 heteroatoms. The number of benzene rings is 1. The number of piperidine rings is 1. The van der Waals surface area contributed by atoms with Crippen LogP contribution in [0.2, 0.25) is 0 Å². The molecule has 2 unspecified atom stereocenters. The molecule has 20 heavy (non-hydrogen) atoms. The predicted octanol–water partition coefficient (Wildman–Crippen LogP) is 2.11. The van der Waals surface area contributed by atoms with Gasteiger partial charge in [-0.05, 0) is 37.1 Å². The number of hydrogen-bond acceptors (Lipinski definition) is 3. The molecule has 1 heterocycles. The Labute approximate surface area is 114 Å². The van der Waals surface area contributed by atoms with Crippen molar-refractivity contribution in [3.8, 4) is 5.75 Å². The SMILES string of the molecule is NC(=O)C1CCCNC1c1cccc(OC(F)(F)F)c1. The number of carbonyl (C=O) groups excluding carboxylic acids is 1. The lowest BCUT2D eigenvalue weighted by Gasteiger charge is -2.31. The van der Waals surface area contributed by atoms with Gasteiger partial charge in [0.05, 0.1) is 5.92 Å². The van der Waals surface area contributed by atoms with Crippen molar-refractivity contribution in [2.75, 3.05) is 6.54 Å². The number of carbonyl (C=O) groups is 1. The molecule has 1 aliphatic rings. The number of alkyl halides is 3. The maximum Gasteiger partial charge on any atom is 0.573 e. The maximum atomic E-state index is 12.2. The van der Waals surface area contributed by atoms with E-state index in [4.69, 9.17) is 5.73 Å². The fourth-order valence-electron chi connectivity index (χ4n) is 2.45. The molecule has 1 saturated heterocycles. The molecule has 0 saturated carbocycles. The highest BCUT2D eigenvalue weighted by atomic mass is 19.4. The Morgan fingerprint density at radius 3 is 2.80 bits per heavy atom. The quantitative estimate of drug-likeness (QED) is 0.895. The molecule has 0 spiro atoms. The number of nitrogens with two attached hydrogens (primary N) is 1. The fourth-order valence-corrected chi connectivity index (χ4v) is 2.45. The Kier molecular flexibility index (Phi) is 4.17. The van der Waals surface area contributed by atoms with Crippen LogP contribution in [0.5, 0.6) is 5.75 Å². The van der Waals surface area contributed by atoms with Crippen LogP contribution < -0.4 is 15.8 Å². The van der Waals surface area contributed by atoms with Crippen LogP contribution in [0, 0.1) is 5.92 Å². The van der Waals surface area contributed by atoms with Crippen molar-refractivity contribution < 1.29 is 22.7 Å². The summed E-state index contributed by atoms with van der Waals surface area (Å²) in [7, 11) is 0. The zero-order valence-electron chi connectivity index (χ0n) is 10.6. The summed E-state index contributed by atoms with van der Waals surface area (Å²) < 4.78 is 40.5. The van der Waals surface area contributed by atoms with E-state index in [1.807, 2.05) is 0 Å². The van der Waals surface area contributed by atoms with E-state index in [0.29, 0.717) is 18.5 Å². The first-order chi connectivity index (χ1) is 9.37. The molecular formula is C13H15F3N2O2. The molecule has 0 aromatic heterocycles. The first-order valence-corrected chi connectivity index (χ1v) is 6.25. The van der Waals surface area contributed by atoms with Crippen molar-refractivity contribution in [2.45, 2.75) is 25.2 Å². The van der Waals surface area contributed by atoms with E-state index in [0.717, 1.165) is 6.42 Å². The molecule has 0 bridgehead atoms. The monoisotopic (exact) mass is 288 g/mol. The van der Waals surface area contributed by atoms with Crippen LogP contribution in [-0.2, 0) is 4.79 Å². The Hall–Kier alpha value is -1.76. The molecule has 110 valence electrons. The van der Waals surface area contributed by atoms with Gasteiger partial charge in [0.1, 0.15) is 5.75 Å². The predicted molar refractivity (Wildman–Crippen MR) is 65.8 cm³/mol. The highest BCUT2D eigenvalue weighted by molar-refractivity contribution is 5.77. The Bertz CT molecular complexity index is 491. The van der Waals surface area contributed by atoms with Crippen LogP contribution in [0.4, 0.5) is 13.2 Å². The molecule has 0 radical (unpaired) electrons. The molecule has 0 aliphatic carbocycles. The van der Waals surface area contributed by atoms with Crippen LogP contribution in [0.1, 0.15) is 24.4 Å². The van der Waals surface area contributed by atoms with Crippen LogP contribution in [0.3, 0.4) is 0 Å². The summed E-state index contributed by atoms with van der Waals surface area (Å²) in [6.07, 6.45) is -3.30. The molecular weight excluding hydrogens is 273 g/mol. The topological polar surface area (TPSA) is 64.4 Å². The molecule has 2 atom stereocenters. The number of halogens is 3. The summed E-state index contributed by atoms with van der Waals surface area (Å²) in [4.78, 5) is 11.4. The summed E-state index contributed by atoms with van der Waals surface area (Å²) in [6, 6.07) is 5.25. The summed E-state index contributed by atoms with van der Waals surface area (Å²) in [5, 5.41) is 3.12. The number of nitrogens with one attached hydrogen (secondary N) is 1. The van der Waals surface area contributed by atoms with Crippen molar-refractivity contribution in [1.29, 1.82) is 0 Å². The molecule has 1 aromatic rings. The largest absolute Gasteiger partial charge is 0.573 e. The second-order valence-corrected chi connectivity index (χ2v) is 4.70. The lowest BCUT2D eigenvalue weighted by Crippen LogP contribution is -2.40. The zero-order valence-corrected chi connectivity index (χ0v) is 10.6. The molecule has 3 N–H and O–H groups in total. The highest BCUT2D eigenvalue weighted by Gasteiger charge is 2.33. The Balaban J connectivity index is 2.22. The molecule has 4 nitrogen and oxygen atoms in total. The van der Waals surface area contributed by atoms with E-state index in [9.17, 15) is 18.0 Å². The van der Waals surface area contributed by atoms with Crippen molar-refractivity contribution in [3.05, 3.63) is 29.8 Å².